The van der Waals surface area contributed by atoms with Crippen LogP contribution in [0.2, 0.25) is 0 Å². The fourth-order valence-electron chi connectivity index (χ4n) is 1.74. The summed E-state index contributed by atoms with van der Waals surface area (Å²) in [5.74, 6) is -1.33. The summed E-state index contributed by atoms with van der Waals surface area (Å²) in [5, 5.41) is 11.5. The molecule has 0 bridgehead atoms. The first-order valence-corrected chi connectivity index (χ1v) is 6.84. The van der Waals surface area contributed by atoms with Crippen molar-refractivity contribution >= 4 is 33.5 Å². The Morgan fingerprint density at radius 3 is 2.76 bits per heavy atom. The Morgan fingerprint density at radius 1 is 1.38 bits per heavy atom. The van der Waals surface area contributed by atoms with E-state index < -0.39 is 5.97 Å². The lowest BCUT2D eigenvalue weighted by atomic mass is 10.2. The zero-order chi connectivity index (χ0) is 15.4. The molecule has 1 amide bonds. The summed E-state index contributed by atoms with van der Waals surface area (Å²) in [6.45, 7) is 0.774. The Balaban J connectivity index is 1.90. The predicted molar refractivity (Wildman–Crippen MR) is 80.1 cm³/mol. The number of hydrogen-bond acceptors (Lipinski definition) is 4. The maximum atomic E-state index is 11.9. The topological polar surface area (TPSA) is 110 Å². The third kappa shape index (κ3) is 4.06. The van der Waals surface area contributed by atoms with Crippen LogP contribution in [-0.4, -0.2) is 33.1 Å². The Morgan fingerprint density at radius 2 is 2.14 bits per heavy atom. The second-order valence-corrected chi connectivity index (χ2v) is 5.25. The van der Waals surface area contributed by atoms with Crippen molar-refractivity contribution in [1.29, 1.82) is 0 Å². The van der Waals surface area contributed by atoms with Crippen LogP contribution < -0.4 is 11.1 Å². The summed E-state index contributed by atoms with van der Waals surface area (Å²) < 4.78 is 2.33. The quantitative estimate of drug-likeness (QED) is 0.703. The summed E-state index contributed by atoms with van der Waals surface area (Å²) >= 11 is 3.27. The molecule has 2 aromatic rings. The molecule has 110 valence electrons. The van der Waals surface area contributed by atoms with Crippen LogP contribution in [0.4, 0.5) is 5.69 Å². The van der Waals surface area contributed by atoms with Gasteiger partial charge in [0, 0.05) is 35.0 Å². The zero-order valence-electron chi connectivity index (χ0n) is 10.9. The van der Waals surface area contributed by atoms with Gasteiger partial charge in [0.1, 0.15) is 0 Å². The standard InChI is InChI=1S/C13H13BrN4O3/c14-9-3-8(4-10(15)5-9)12(19)16-1-2-18-6-11(13(20)21)17-7-18/h3-7H,1-2,15H2,(H,16,19)(H,20,21). The molecule has 0 saturated carbocycles. The average molecular weight is 353 g/mol. The van der Waals surface area contributed by atoms with Gasteiger partial charge in [0.2, 0.25) is 0 Å². The summed E-state index contributed by atoms with van der Waals surface area (Å²) in [5.41, 5.74) is 6.60. The van der Waals surface area contributed by atoms with Gasteiger partial charge < -0.3 is 20.7 Å². The molecule has 0 fully saturated rings. The van der Waals surface area contributed by atoms with E-state index in [1.807, 2.05) is 0 Å². The number of amides is 1. The third-order valence-corrected chi connectivity index (χ3v) is 3.15. The number of halogens is 1. The van der Waals surface area contributed by atoms with Crippen LogP contribution in [0.25, 0.3) is 0 Å². The molecule has 0 unspecified atom stereocenters. The molecule has 21 heavy (non-hydrogen) atoms. The number of hydrogen-bond donors (Lipinski definition) is 3. The number of nitrogens with two attached hydrogens (primary N) is 1. The number of imidazole rings is 1. The largest absolute Gasteiger partial charge is 0.476 e. The molecule has 0 spiro atoms. The van der Waals surface area contributed by atoms with Crippen LogP contribution >= 0.6 is 15.9 Å². The molecule has 0 aliphatic heterocycles. The molecule has 0 aliphatic rings. The highest BCUT2D eigenvalue weighted by atomic mass is 79.9. The molecule has 7 nitrogen and oxygen atoms in total. The van der Waals surface area contributed by atoms with Crippen molar-refractivity contribution in [3.05, 3.63) is 46.5 Å². The molecule has 0 aliphatic carbocycles. The number of nitrogen functional groups attached to an aromatic ring is 1. The number of aromatic nitrogens is 2. The van der Waals surface area contributed by atoms with Gasteiger partial charge in [-0.3, -0.25) is 4.79 Å². The van der Waals surface area contributed by atoms with Gasteiger partial charge >= 0.3 is 5.97 Å². The lowest BCUT2D eigenvalue weighted by molar-refractivity contribution is 0.0690. The lowest BCUT2D eigenvalue weighted by Gasteiger charge is -2.07. The van der Waals surface area contributed by atoms with Crippen LogP contribution in [0.1, 0.15) is 20.8 Å². The second kappa shape index (κ2) is 6.40. The molecule has 1 aromatic heterocycles. The fraction of sp³-hybridized carbons (Fsp3) is 0.154. The Hall–Kier alpha value is -2.35. The van der Waals surface area contributed by atoms with Crippen LogP contribution in [0.15, 0.2) is 35.2 Å². The van der Waals surface area contributed by atoms with Gasteiger partial charge in [0.25, 0.3) is 5.91 Å². The molecule has 8 heteroatoms. The van der Waals surface area contributed by atoms with E-state index in [9.17, 15) is 9.59 Å². The van der Waals surface area contributed by atoms with Gasteiger partial charge in [-0.25, -0.2) is 9.78 Å². The summed E-state index contributed by atoms with van der Waals surface area (Å²) in [7, 11) is 0. The van der Waals surface area contributed by atoms with Crippen LogP contribution in [-0.2, 0) is 6.54 Å². The van der Waals surface area contributed by atoms with Crippen LogP contribution in [0.5, 0.6) is 0 Å². The number of aromatic carboxylic acids is 1. The molecule has 1 heterocycles. The lowest BCUT2D eigenvalue weighted by Crippen LogP contribution is -2.27. The molecule has 0 saturated heterocycles. The second-order valence-electron chi connectivity index (χ2n) is 4.33. The smallest absolute Gasteiger partial charge is 0.356 e. The number of carboxylic acid groups (broad SMARTS) is 1. The van der Waals surface area contributed by atoms with Crippen molar-refractivity contribution in [2.45, 2.75) is 6.54 Å². The Kier molecular flexibility index (Phi) is 4.59. The van der Waals surface area contributed by atoms with Crippen molar-refractivity contribution in [1.82, 2.24) is 14.9 Å². The van der Waals surface area contributed by atoms with E-state index in [2.05, 4.69) is 26.2 Å². The minimum Gasteiger partial charge on any atom is -0.476 e. The summed E-state index contributed by atoms with van der Waals surface area (Å²) in [6, 6.07) is 4.96. The molecule has 4 N–H and O–H groups in total. The van der Waals surface area contributed by atoms with E-state index in [1.54, 1.807) is 22.8 Å². The van der Waals surface area contributed by atoms with E-state index in [4.69, 9.17) is 10.8 Å². The molecule has 0 atom stereocenters. The number of carbonyl (C=O) groups excluding carboxylic acids is 1. The van der Waals surface area contributed by atoms with Crippen molar-refractivity contribution in [3.8, 4) is 0 Å². The fourth-order valence-corrected chi connectivity index (χ4v) is 2.25. The summed E-state index contributed by atoms with van der Waals surface area (Å²) in [4.78, 5) is 26.4. The number of benzene rings is 1. The number of rotatable bonds is 5. The number of carbonyl (C=O) groups is 2. The minimum absolute atomic E-state index is 0.0268. The highest BCUT2D eigenvalue weighted by Crippen LogP contribution is 2.17. The first-order valence-electron chi connectivity index (χ1n) is 6.05. The maximum absolute atomic E-state index is 11.9. The van der Waals surface area contributed by atoms with Gasteiger partial charge in [-0.1, -0.05) is 15.9 Å². The van der Waals surface area contributed by atoms with Crippen molar-refractivity contribution < 1.29 is 14.7 Å². The zero-order valence-corrected chi connectivity index (χ0v) is 12.5. The van der Waals surface area contributed by atoms with Crippen molar-refractivity contribution in [3.63, 3.8) is 0 Å². The van der Waals surface area contributed by atoms with Gasteiger partial charge in [-0.15, -0.1) is 0 Å². The molecule has 0 radical (unpaired) electrons. The van der Waals surface area contributed by atoms with E-state index >= 15 is 0 Å². The highest BCUT2D eigenvalue weighted by molar-refractivity contribution is 9.10. The molecular formula is C13H13BrN4O3. The number of nitrogens with one attached hydrogen (secondary N) is 1. The molecule has 2 rings (SSSR count). The first kappa shape index (κ1) is 15.0. The van der Waals surface area contributed by atoms with Crippen molar-refractivity contribution in [2.24, 2.45) is 0 Å². The number of nitrogens with zero attached hydrogens (tertiary/aromatic N) is 2. The maximum Gasteiger partial charge on any atom is 0.356 e. The average Bonchev–Trinajstić information content (AvgIpc) is 2.86. The molecule has 1 aromatic carbocycles. The summed E-state index contributed by atoms with van der Waals surface area (Å²) in [6.07, 6.45) is 2.82. The predicted octanol–water partition coefficient (Wildman–Crippen LogP) is 1.36. The third-order valence-electron chi connectivity index (χ3n) is 2.69. The van der Waals surface area contributed by atoms with Gasteiger partial charge in [0.15, 0.2) is 5.69 Å². The monoisotopic (exact) mass is 352 g/mol. The van der Waals surface area contributed by atoms with Gasteiger partial charge in [-0.2, -0.15) is 0 Å². The van der Waals surface area contributed by atoms with E-state index in [0.717, 1.165) is 4.47 Å². The van der Waals surface area contributed by atoms with Crippen molar-refractivity contribution in [2.75, 3.05) is 12.3 Å². The highest BCUT2D eigenvalue weighted by Gasteiger charge is 2.08. The van der Waals surface area contributed by atoms with E-state index in [0.29, 0.717) is 24.3 Å². The van der Waals surface area contributed by atoms with Gasteiger partial charge in [-0.05, 0) is 18.2 Å². The Bertz CT molecular complexity index is 664. The number of carboxylic acids is 1. The van der Waals surface area contributed by atoms with Gasteiger partial charge in [0.05, 0.1) is 6.33 Å². The van der Waals surface area contributed by atoms with E-state index in [-0.39, 0.29) is 11.6 Å². The van der Waals surface area contributed by atoms with Crippen LogP contribution in [0, 0.1) is 0 Å². The SMILES string of the molecule is Nc1cc(Br)cc(C(=O)NCCn2cnc(C(=O)O)c2)c1. The first-order chi connectivity index (χ1) is 9.95. The normalized spacial score (nSPS) is 10.3. The molecular weight excluding hydrogens is 340 g/mol. The van der Waals surface area contributed by atoms with Crippen LogP contribution in [0.3, 0.4) is 0 Å². The number of anilines is 1. The Labute approximate surface area is 128 Å². The minimum atomic E-state index is -1.08. The van der Waals surface area contributed by atoms with E-state index in [1.165, 1.54) is 12.5 Å².